The van der Waals surface area contributed by atoms with E-state index in [1.807, 2.05) is 0 Å². The highest BCUT2D eigenvalue weighted by atomic mass is 14.9. The van der Waals surface area contributed by atoms with Crippen LogP contribution < -0.4 is 11.1 Å². The highest BCUT2D eigenvalue weighted by Crippen LogP contribution is 2.36. The molecule has 0 fully saturated rings. The van der Waals surface area contributed by atoms with Gasteiger partial charge in [0.2, 0.25) is 0 Å². The number of nitrogens with two attached hydrogens (primary N) is 1. The first-order valence-electron chi connectivity index (χ1n) is 7.87. The predicted octanol–water partition coefficient (Wildman–Crippen LogP) is 3.32. The molecule has 3 N–H and O–H groups in total. The number of nitrogen functional groups attached to an aromatic ring is 1. The fraction of sp³-hybridized carbons (Fsp3) is 0.389. The third-order valence-electron chi connectivity index (χ3n) is 4.15. The summed E-state index contributed by atoms with van der Waals surface area (Å²) in [6, 6.07) is 10.6. The molecule has 0 aliphatic heterocycles. The summed E-state index contributed by atoms with van der Waals surface area (Å²) >= 11 is 0. The molecule has 0 saturated heterocycles. The number of benzene rings is 1. The Morgan fingerprint density at radius 1 is 1.19 bits per heavy atom. The summed E-state index contributed by atoms with van der Waals surface area (Å²) in [6.45, 7) is 3.98. The molecule has 1 aliphatic rings. The molecule has 0 radical (unpaired) electrons. The molecule has 0 saturated carbocycles. The van der Waals surface area contributed by atoms with E-state index in [0.717, 1.165) is 37.9 Å². The van der Waals surface area contributed by atoms with Crippen molar-refractivity contribution in [2.75, 3.05) is 12.3 Å². The van der Waals surface area contributed by atoms with E-state index in [9.17, 15) is 0 Å². The fourth-order valence-corrected chi connectivity index (χ4v) is 3.17. The van der Waals surface area contributed by atoms with Crippen molar-refractivity contribution in [3.8, 4) is 11.1 Å². The van der Waals surface area contributed by atoms with Crippen molar-refractivity contribution >= 4 is 5.82 Å². The van der Waals surface area contributed by atoms with Gasteiger partial charge in [-0.25, -0.2) is 4.98 Å². The third-order valence-corrected chi connectivity index (χ3v) is 4.15. The Morgan fingerprint density at radius 3 is 2.76 bits per heavy atom. The summed E-state index contributed by atoms with van der Waals surface area (Å²) in [5, 5.41) is 3.47. The number of hydrogen-bond acceptors (Lipinski definition) is 3. The largest absolute Gasteiger partial charge is 0.383 e. The van der Waals surface area contributed by atoms with Crippen LogP contribution >= 0.6 is 0 Å². The molecule has 0 bridgehead atoms. The summed E-state index contributed by atoms with van der Waals surface area (Å²) in [5.74, 6) is 0.693. The zero-order valence-corrected chi connectivity index (χ0v) is 12.7. The maximum Gasteiger partial charge on any atom is 0.128 e. The summed E-state index contributed by atoms with van der Waals surface area (Å²) < 4.78 is 0. The molecule has 0 amide bonds. The first-order chi connectivity index (χ1) is 10.3. The van der Waals surface area contributed by atoms with Gasteiger partial charge in [-0.15, -0.1) is 0 Å². The molecule has 1 aliphatic carbocycles. The molecule has 0 spiro atoms. The van der Waals surface area contributed by atoms with Gasteiger partial charge in [-0.2, -0.15) is 0 Å². The van der Waals surface area contributed by atoms with Crippen LogP contribution in [0.4, 0.5) is 5.82 Å². The first-order valence-corrected chi connectivity index (χ1v) is 7.87. The van der Waals surface area contributed by atoms with Gasteiger partial charge in [0.05, 0.1) is 0 Å². The number of rotatable bonds is 5. The molecule has 3 rings (SSSR count). The lowest BCUT2D eigenvalue weighted by molar-refractivity contribution is 0.675. The normalized spacial score (nSPS) is 13.4. The fourth-order valence-electron chi connectivity index (χ4n) is 3.17. The Kier molecular flexibility index (Phi) is 4.20. The zero-order chi connectivity index (χ0) is 14.7. The molecule has 3 heteroatoms. The van der Waals surface area contributed by atoms with E-state index in [-0.39, 0.29) is 0 Å². The Bertz CT molecular complexity index is 620. The van der Waals surface area contributed by atoms with E-state index in [1.165, 1.54) is 28.8 Å². The molecule has 1 aromatic heterocycles. The standard InChI is InChI=1S/C18H23N3/c1-2-11-20-12-15-17(13-7-4-3-5-8-13)14-9-6-10-16(14)21-18(15)19/h3-5,7-8,20H,2,6,9-12H2,1H3,(H2,19,21). The number of aryl methyl sites for hydroxylation is 1. The van der Waals surface area contributed by atoms with Crippen LogP contribution in [0.25, 0.3) is 11.1 Å². The van der Waals surface area contributed by atoms with Gasteiger partial charge >= 0.3 is 0 Å². The maximum absolute atomic E-state index is 6.26. The van der Waals surface area contributed by atoms with Gasteiger partial charge in [0.25, 0.3) is 0 Å². The molecule has 1 heterocycles. The van der Waals surface area contributed by atoms with Crippen molar-refractivity contribution in [3.63, 3.8) is 0 Å². The monoisotopic (exact) mass is 281 g/mol. The minimum Gasteiger partial charge on any atom is -0.383 e. The van der Waals surface area contributed by atoms with Gasteiger partial charge in [0, 0.05) is 17.8 Å². The van der Waals surface area contributed by atoms with Crippen LogP contribution in [0.15, 0.2) is 30.3 Å². The highest BCUT2D eigenvalue weighted by molar-refractivity contribution is 5.76. The van der Waals surface area contributed by atoms with Crippen molar-refractivity contribution in [1.29, 1.82) is 0 Å². The van der Waals surface area contributed by atoms with E-state index < -0.39 is 0 Å². The molecule has 1 aromatic carbocycles. The van der Waals surface area contributed by atoms with E-state index in [2.05, 4.69) is 47.6 Å². The maximum atomic E-state index is 6.26. The minimum atomic E-state index is 0.693. The van der Waals surface area contributed by atoms with Gasteiger partial charge in [0.15, 0.2) is 0 Å². The van der Waals surface area contributed by atoms with E-state index in [0.29, 0.717) is 5.82 Å². The summed E-state index contributed by atoms with van der Waals surface area (Å²) in [5.41, 5.74) is 12.6. The Hall–Kier alpha value is -1.87. The van der Waals surface area contributed by atoms with Crippen molar-refractivity contribution in [3.05, 3.63) is 47.2 Å². The molecule has 0 atom stereocenters. The minimum absolute atomic E-state index is 0.693. The first kappa shape index (κ1) is 14.1. The van der Waals surface area contributed by atoms with E-state index in [1.54, 1.807) is 0 Å². The average Bonchev–Trinajstić information content (AvgIpc) is 2.96. The van der Waals surface area contributed by atoms with E-state index >= 15 is 0 Å². The number of anilines is 1. The molecule has 3 nitrogen and oxygen atoms in total. The van der Waals surface area contributed by atoms with Crippen molar-refractivity contribution in [1.82, 2.24) is 10.3 Å². The van der Waals surface area contributed by atoms with Crippen LogP contribution in [0, 0.1) is 0 Å². The second kappa shape index (κ2) is 6.27. The summed E-state index contributed by atoms with van der Waals surface area (Å²) in [4.78, 5) is 4.66. The molecular weight excluding hydrogens is 258 g/mol. The van der Waals surface area contributed by atoms with Gasteiger partial charge in [-0.3, -0.25) is 0 Å². The number of nitrogens with zero attached hydrogens (tertiary/aromatic N) is 1. The lowest BCUT2D eigenvalue weighted by atomic mass is 9.94. The van der Waals surface area contributed by atoms with Crippen molar-refractivity contribution in [2.24, 2.45) is 0 Å². The van der Waals surface area contributed by atoms with Crippen molar-refractivity contribution < 1.29 is 0 Å². The summed E-state index contributed by atoms with van der Waals surface area (Å²) in [7, 11) is 0. The highest BCUT2D eigenvalue weighted by Gasteiger charge is 2.22. The molecule has 0 unspecified atom stereocenters. The third kappa shape index (κ3) is 2.79. The van der Waals surface area contributed by atoms with Gasteiger partial charge in [-0.05, 0) is 48.9 Å². The van der Waals surface area contributed by atoms with Crippen LogP contribution in [0.1, 0.15) is 36.6 Å². The average molecular weight is 281 g/mol. The SMILES string of the molecule is CCCNCc1c(N)nc2c(c1-c1ccccc1)CCC2. The molecule has 110 valence electrons. The van der Waals surface area contributed by atoms with Crippen LogP contribution in [0.5, 0.6) is 0 Å². The predicted molar refractivity (Wildman–Crippen MR) is 88.1 cm³/mol. The second-order valence-corrected chi connectivity index (χ2v) is 5.67. The number of aromatic nitrogens is 1. The number of pyridine rings is 1. The Labute approximate surface area is 126 Å². The number of fused-ring (bicyclic) bond motifs is 1. The van der Waals surface area contributed by atoms with Crippen molar-refractivity contribution in [2.45, 2.75) is 39.2 Å². The topological polar surface area (TPSA) is 50.9 Å². The quantitative estimate of drug-likeness (QED) is 0.827. The van der Waals surface area contributed by atoms with Crippen LogP contribution in [-0.4, -0.2) is 11.5 Å². The second-order valence-electron chi connectivity index (χ2n) is 5.67. The van der Waals surface area contributed by atoms with Gasteiger partial charge in [-0.1, -0.05) is 37.3 Å². The molecule has 2 aromatic rings. The lowest BCUT2D eigenvalue weighted by Gasteiger charge is -2.17. The lowest BCUT2D eigenvalue weighted by Crippen LogP contribution is -2.17. The smallest absolute Gasteiger partial charge is 0.128 e. The number of hydrogen-bond donors (Lipinski definition) is 2. The Morgan fingerprint density at radius 2 is 2.00 bits per heavy atom. The Balaban J connectivity index is 2.09. The van der Waals surface area contributed by atoms with E-state index in [4.69, 9.17) is 5.73 Å². The van der Waals surface area contributed by atoms with Crippen LogP contribution in [0.3, 0.4) is 0 Å². The zero-order valence-electron chi connectivity index (χ0n) is 12.7. The van der Waals surface area contributed by atoms with Gasteiger partial charge < -0.3 is 11.1 Å². The van der Waals surface area contributed by atoms with Crippen LogP contribution in [-0.2, 0) is 19.4 Å². The van der Waals surface area contributed by atoms with Crippen LogP contribution in [0.2, 0.25) is 0 Å². The summed E-state index contributed by atoms with van der Waals surface area (Å²) in [6.07, 6.45) is 4.49. The van der Waals surface area contributed by atoms with Gasteiger partial charge in [0.1, 0.15) is 5.82 Å². The molecular formula is C18H23N3. The molecule has 21 heavy (non-hydrogen) atoms. The number of nitrogens with one attached hydrogen (secondary N) is 1.